The lowest BCUT2D eigenvalue weighted by molar-refractivity contribution is -0.127. The van der Waals surface area contributed by atoms with Gasteiger partial charge in [-0.3, -0.25) is 9.69 Å². The molecule has 0 aromatic heterocycles. The van der Waals surface area contributed by atoms with Crippen LogP contribution in [-0.4, -0.2) is 35.2 Å². The molecule has 3 aromatic carbocycles. The number of para-hydroxylation sites is 1. The zero-order valence-electron chi connectivity index (χ0n) is 21.7. The Labute approximate surface area is 224 Å². The molecule has 0 spiro atoms. The maximum Gasteiger partial charge on any atom is 0.415 e. The minimum Gasteiger partial charge on any atom is -0.410 e. The molecule has 1 aliphatic rings. The van der Waals surface area contributed by atoms with Gasteiger partial charge in [0.25, 0.3) is 0 Å². The first-order valence-corrected chi connectivity index (χ1v) is 13.3. The van der Waals surface area contributed by atoms with Crippen LogP contribution < -0.4 is 10.1 Å². The molecule has 0 bridgehead atoms. The maximum atomic E-state index is 13.3. The summed E-state index contributed by atoms with van der Waals surface area (Å²) in [7, 11) is 0. The summed E-state index contributed by atoms with van der Waals surface area (Å²) < 4.78 is 5.51. The van der Waals surface area contributed by atoms with E-state index in [2.05, 4.69) is 24.0 Å². The van der Waals surface area contributed by atoms with Crippen LogP contribution in [0.1, 0.15) is 54.3 Å². The van der Waals surface area contributed by atoms with Crippen molar-refractivity contribution in [2.75, 3.05) is 13.2 Å². The highest BCUT2D eigenvalue weighted by molar-refractivity contribution is 5.80. The molecule has 2 N–H and O–H groups in total. The molecule has 38 heavy (non-hydrogen) atoms. The van der Waals surface area contributed by atoms with E-state index in [0.717, 1.165) is 42.4 Å². The summed E-state index contributed by atoms with van der Waals surface area (Å²) in [6, 6.07) is 26.4. The van der Waals surface area contributed by atoms with Gasteiger partial charge in [-0.15, -0.1) is 6.58 Å². The molecule has 2 amide bonds. The van der Waals surface area contributed by atoms with Crippen LogP contribution in [0.15, 0.2) is 97.6 Å². The Balaban J connectivity index is 1.42. The molecule has 1 saturated carbocycles. The number of rotatable bonds is 10. The van der Waals surface area contributed by atoms with E-state index in [1.54, 1.807) is 23.1 Å². The standard InChI is InChI=1S/C32H36N2O4/c1-2-21-34(32(37)38-27-13-7-4-8-14-27)22-24-17-19-25(20-18-24)28-15-9-10-16-29(28)31(36)33-30(23-35)26-11-5-3-6-12-26/h2-8,11-14,17-20,28-30,35H,1,9-10,15-16,21-23H2,(H,33,36). The summed E-state index contributed by atoms with van der Waals surface area (Å²) in [5, 5.41) is 13.0. The van der Waals surface area contributed by atoms with Crippen molar-refractivity contribution < 1.29 is 19.4 Å². The highest BCUT2D eigenvalue weighted by Gasteiger charge is 2.33. The molecule has 0 aliphatic heterocycles. The largest absolute Gasteiger partial charge is 0.415 e. The first-order valence-electron chi connectivity index (χ1n) is 13.3. The average Bonchev–Trinajstić information content (AvgIpc) is 2.97. The number of nitrogens with zero attached hydrogens (tertiary/aromatic N) is 1. The molecule has 0 heterocycles. The van der Waals surface area contributed by atoms with E-state index in [4.69, 9.17) is 4.74 Å². The number of hydrogen-bond acceptors (Lipinski definition) is 4. The number of carbonyl (C=O) groups excluding carboxylic acids is 2. The smallest absolute Gasteiger partial charge is 0.410 e. The number of ether oxygens (including phenoxy) is 1. The molecule has 3 aromatic rings. The predicted molar refractivity (Wildman–Crippen MR) is 149 cm³/mol. The molecule has 3 atom stereocenters. The Morgan fingerprint density at radius 2 is 1.63 bits per heavy atom. The van der Waals surface area contributed by atoms with Gasteiger partial charge >= 0.3 is 6.09 Å². The number of hydrogen-bond donors (Lipinski definition) is 2. The van der Waals surface area contributed by atoms with E-state index in [0.29, 0.717) is 18.8 Å². The van der Waals surface area contributed by atoms with Gasteiger partial charge in [-0.1, -0.05) is 91.7 Å². The highest BCUT2D eigenvalue weighted by Crippen LogP contribution is 2.38. The van der Waals surface area contributed by atoms with Gasteiger partial charge in [-0.05, 0) is 47.6 Å². The number of nitrogens with one attached hydrogen (secondary N) is 1. The van der Waals surface area contributed by atoms with Gasteiger partial charge in [0, 0.05) is 19.0 Å². The first-order chi connectivity index (χ1) is 18.6. The first kappa shape index (κ1) is 27.1. The summed E-state index contributed by atoms with van der Waals surface area (Å²) in [6.07, 6.45) is 5.11. The normalized spacial score (nSPS) is 17.7. The van der Waals surface area contributed by atoms with E-state index < -0.39 is 12.1 Å². The van der Waals surface area contributed by atoms with Gasteiger partial charge in [0.1, 0.15) is 5.75 Å². The number of aliphatic hydroxyl groups is 1. The zero-order chi connectivity index (χ0) is 26.7. The van der Waals surface area contributed by atoms with Crippen LogP contribution in [0.4, 0.5) is 4.79 Å². The van der Waals surface area contributed by atoms with Crippen molar-refractivity contribution >= 4 is 12.0 Å². The van der Waals surface area contributed by atoms with Gasteiger partial charge in [0.2, 0.25) is 5.91 Å². The van der Waals surface area contributed by atoms with E-state index in [1.165, 1.54) is 0 Å². The van der Waals surface area contributed by atoms with Crippen LogP contribution in [0.2, 0.25) is 0 Å². The van der Waals surface area contributed by atoms with E-state index >= 15 is 0 Å². The third-order valence-corrected chi connectivity index (χ3v) is 7.14. The van der Waals surface area contributed by atoms with E-state index in [9.17, 15) is 14.7 Å². The van der Waals surface area contributed by atoms with Crippen molar-refractivity contribution in [2.24, 2.45) is 5.92 Å². The van der Waals surface area contributed by atoms with Gasteiger partial charge in [0.05, 0.1) is 12.6 Å². The molecule has 6 nitrogen and oxygen atoms in total. The number of carbonyl (C=O) groups is 2. The van der Waals surface area contributed by atoms with Crippen molar-refractivity contribution in [2.45, 2.75) is 44.2 Å². The van der Waals surface area contributed by atoms with Crippen LogP contribution in [0.3, 0.4) is 0 Å². The maximum absolute atomic E-state index is 13.3. The molecule has 1 aliphatic carbocycles. The van der Waals surface area contributed by atoms with Gasteiger partial charge in [-0.2, -0.15) is 0 Å². The monoisotopic (exact) mass is 512 g/mol. The molecule has 6 heteroatoms. The molecular formula is C32H36N2O4. The van der Waals surface area contributed by atoms with Crippen molar-refractivity contribution in [1.29, 1.82) is 0 Å². The minimum absolute atomic E-state index is 0.0116. The Hall–Kier alpha value is -3.90. The Kier molecular flexibility index (Phi) is 9.71. The third-order valence-electron chi connectivity index (χ3n) is 7.14. The van der Waals surface area contributed by atoms with Crippen LogP contribution in [0.5, 0.6) is 5.75 Å². The lowest BCUT2D eigenvalue weighted by Gasteiger charge is -2.32. The molecule has 198 valence electrons. The Morgan fingerprint density at radius 1 is 0.974 bits per heavy atom. The summed E-state index contributed by atoms with van der Waals surface area (Å²) in [6.45, 7) is 4.39. The topological polar surface area (TPSA) is 78.9 Å². The van der Waals surface area contributed by atoms with Gasteiger partial charge in [-0.25, -0.2) is 4.79 Å². The molecule has 4 rings (SSSR count). The van der Waals surface area contributed by atoms with Crippen LogP contribution in [-0.2, 0) is 11.3 Å². The zero-order valence-corrected chi connectivity index (χ0v) is 21.7. The second kappa shape index (κ2) is 13.6. The highest BCUT2D eigenvalue weighted by atomic mass is 16.6. The molecule has 0 radical (unpaired) electrons. The summed E-state index contributed by atoms with van der Waals surface area (Å²) in [5.74, 6) is 0.451. The second-order valence-electron chi connectivity index (χ2n) is 9.74. The fraction of sp³-hybridized carbons (Fsp3) is 0.312. The summed E-state index contributed by atoms with van der Waals surface area (Å²) in [5.41, 5.74) is 2.99. The third kappa shape index (κ3) is 7.11. The molecule has 0 saturated heterocycles. The fourth-order valence-corrected chi connectivity index (χ4v) is 5.15. The van der Waals surface area contributed by atoms with Crippen molar-refractivity contribution in [3.63, 3.8) is 0 Å². The molecule has 3 unspecified atom stereocenters. The van der Waals surface area contributed by atoms with Crippen molar-refractivity contribution in [3.05, 3.63) is 114 Å². The second-order valence-corrected chi connectivity index (χ2v) is 9.74. The van der Waals surface area contributed by atoms with E-state index in [-0.39, 0.29) is 24.3 Å². The van der Waals surface area contributed by atoms with Crippen LogP contribution >= 0.6 is 0 Å². The van der Waals surface area contributed by atoms with Crippen molar-refractivity contribution in [3.8, 4) is 5.75 Å². The Morgan fingerprint density at radius 3 is 2.29 bits per heavy atom. The van der Waals surface area contributed by atoms with Gasteiger partial charge in [0.15, 0.2) is 0 Å². The van der Waals surface area contributed by atoms with Gasteiger partial charge < -0.3 is 15.2 Å². The van der Waals surface area contributed by atoms with Crippen LogP contribution in [0.25, 0.3) is 0 Å². The number of aliphatic hydroxyl groups excluding tert-OH is 1. The predicted octanol–water partition coefficient (Wildman–Crippen LogP) is 6.00. The minimum atomic E-state index is -0.430. The number of benzene rings is 3. The SMILES string of the molecule is C=CCN(Cc1ccc(C2CCCCC2C(=O)NC(CO)c2ccccc2)cc1)C(=O)Oc1ccccc1. The lowest BCUT2D eigenvalue weighted by atomic mass is 9.74. The van der Waals surface area contributed by atoms with Crippen LogP contribution in [0, 0.1) is 5.92 Å². The molecular weight excluding hydrogens is 476 g/mol. The Bertz CT molecular complexity index is 1180. The quantitative estimate of drug-likeness (QED) is 0.327. The summed E-state index contributed by atoms with van der Waals surface area (Å²) >= 11 is 0. The number of amides is 2. The average molecular weight is 513 g/mol. The van der Waals surface area contributed by atoms with E-state index in [1.807, 2.05) is 60.7 Å². The summed E-state index contributed by atoms with van der Waals surface area (Å²) in [4.78, 5) is 27.7. The fourth-order valence-electron chi connectivity index (χ4n) is 5.15. The lowest BCUT2D eigenvalue weighted by Crippen LogP contribution is -2.39. The molecule has 1 fully saturated rings. The van der Waals surface area contributed by atoms with Crippen molar-refractivity contribution in [1.82, 2.24) is 10.2 Å².